The average Bonchev–Trinajstić information content (AvgIpc) is 3.10. The van der Waals surface area contributed by atoms with Crippen LogP contribution in [0.5, 0.6) is 11.5 Å². The van der Waals surface area contributed by atoms with Crippen molar-refractivity contribution in [3.63, 3.8) is 0 Å². The van der Waals surface area contributed by atoms with Crippen LogP contribution in [0, 0.1) is 13.8 Å². The average molecular weight is 382 g/mol. The number of thiazole rings is 1. The molecule has 1 aromatic heterocycles. The van der Waals surface area contributed by atoms with Gasteiger partial charge >= 0.3 is 0 Å². The summed E-state index contributed by atoms with van der Waals surface area (Å²) in [4.78, 5) is 5.17. The van der Waals surface area contributed by atoms with Crippen LogP contribution in [-0.4, -0.2) is 32.2 Å². The maximum atomic E-state index is 5.57. The minimum atomic E-state index is 0.727. The zero-order valence-electron chi connectivity index (χ0n) is 16.2. The monoisotopic (exact) mass is 381 g/mol. The van der Waals surface area contributed by atoms with E-state index >= 15 is 0 Å². The second-order valence-electron chi connectivity index (χ2n) is 6.11. The third kappa shape index (κ3) is 3.95. The van der Waals surface area contributed by atoms with Crippen molar-refractivity contribution in [1.29, 1.82) is 0 Å². The van der Waals surface area contributed by atoms with E-state index in [1.165, 1.54) is 22.5 Å². The van der Waals surface area contributed by atoms with Gasteiger partial charge in [-0.05, 0) is 37.1 Å². The molecule has 3 aromatic rings. The molecule has 0 radical (unpaired) electrons. The molecule has 0 saturated heterocycles. The van der Waals surface area contributed by atoms with E-state index in [9.17, 15) is 0 Å². The first-order valence-electron chi connectivity index (χ1n) is 8.54. The zero-order chi connectivity index (χ0) is 19.4. The van der Waals surface area contributed by atoms with Gasteiger partial charge in [0.25, 0.3) is 0 Å². The highest BCUT2D eigenvalue weighted by Gasteiger charge is 2.13. The Labute approximate surface area is 163 Å². The summed E-state index contributed by atoms with van der Waals surface area (Å²) < 4.78 is 12.7. The van der Waals surface area contributed by atoms with Crippen molar-refractivity contribution in [2.45, 2.75) is 13.8 Å². The van der Waals surface area contributed by atoms with Gasteiger partial charge in [0.05, 0.1) is 26.1 Å². The molecule has 0 saturated carbocycles. The highest BCUT2D eigenvalue weighted by atomic mass is 32.1. The van der Waals surface area contributed by atoms with Gasteiger partial charge in [-0.3, -0.25) is 4.99 Å². The number of ether oxygens (including phenoxy) is 2. The second-order valence-corrected chi connectivity index (χ2v) is 6.95. The van der Waals surface area contributed by atoms with Crippen LogP contribution in [0.1, 0.15) is 16.7 Å². The van der Waals surface area contributed by atoms with Gasteiger partial charge in [-0.15, -0.1) is 11.3 Å². The first-order chi connectivity index (χ1) is 13.1. The Balaban J connectivity index is 2.12. The molecular formula is C21H23N3O2S. The Morgan fingerprint density at radius 2 is 1.85 bits per heavy atom. The normalized spacial score (nSPS) is 12.0. The molecule has 0 aliphatic carbocycles. The Morgan fingerprint density at radius 3 is 2.56 bits per heavy atom. The topological polar surface area (TPSA) is 48.1 Å². The van der Waals surface area contributed by atoms with E-state index in [0.29, 0.717) is 0 Å². The molecule has 1 heterocycles. The van der Waals surface area contributed by atoms with E-state index in [-0.39, 0.29) is 0 Å². The van der Waals surface area contributed by atoms with Crippen molar-refractivity contribution >= 4 is 17.6 Å². The Bertz CT molecular complexity index is 1050. The fourth-order valence-corrected chi connectivity index (χ4v) is 3.57. The molecule has 140 valence electrons. The lowest BCUT2D eigenvalue weighted by Crippen LogP contribution is -2.12. The Hall–Kier alpha value is -2.86. The summed E-state index contributed by atoms with van der Waals surface area (Å²) >= 11 is 1.54. The smallest absolute Gasteiger partial charge is 0.205 e. The first-order valence-corrected chi connectivity index (χ1v) is 9.42. The van der Waals surface area contributed by atoms with E-state index in [1.54, 1.807) is 21.3 Å². The van der Waals surface area contributed by atoms with Gasteiger partial charge in [-0.25, -0.2) is 4.68 Å². The van der Waals surface area contributed by atoms with Crippen LogP contribution < -0.4 is 14.3 Å². The van der Waals surface area contributed by atoms with Crippen molar-refractivity contribution in [3.8, 4) is 22.8 Å². The van der Waals surface area contributed by atoms with Gasteiger partial charge in [-0.2, -0.15) is 5.10 Å². The number of hydrogen-bond acceptors (Lipinski definition) is 5. The van der Waals surface area contributed by atoms with E-state index in [4.69, 9.17) is 14.6 Å². The lowest BCUT2D eigenvalue weighted by molar-refractivity contribution is 0.395. The molecule has 0 aliphatic rings. The van der Waals surface area contributed by atoms with Gasteiger partial charge in [0, 0.05) is 24.1 Å². The maximum Gasteiger partial charge on any atom is 0.205 e. The van der Waals surface area contributed by atoms with Crippen molar-refractivity contribution in [3.05, 3.63) is 63.3 Å². The molecule has 0 spiro atoms. The Kier molecular flexibility index (Phi) is 5.76. The predicted molar refractivity (Wildman–Crippen MR) is 111 cm³/mol. The molecule has 0 N–H and O–H groups in total. The standard InChI is InChI=1S/C21H23N3O2S/c1-14-6-7-15(2)16(10-14)12-23-24-19(13-27-21(24)22-3)18-9-8-17(25-4)11-20(18)26-5/h6-13H,1-5H3. The van der Waals surface area contributed by atoms with Crippen LogP contribution in [0.25, 0.3) is 11.3 Å². The number of nitrogens with zero attached hydrogens (tertiary/aromatic N) is 3. The van der Waals surface area contributed by atoms with Crippen molar-refractivity contribution in [2.24, 2.45) is 10.1 Å². The highest BCUT2D eigenvalue weighted by molar-refractivity contribution is 7.07. The van der Waals surface area contributed by atoms with Gasteiger partial charge in [0.1, 0.15) is 11.5 Å². The summed E-state index contributed by atoms with van der Waals surface area (Å²) in [5.41, 5.74) is 5.32. The molecule has 27 heavy (non-hydrogen) atoms. The summed E-state index contributed by atoms with van der Waals surface area (Å²) in [7, 11) is 5.06. The molecule has 6 heteroatoms. The van der Waals surface area contributed by atoms with Crippen LogP contribution in [0.3, 0.4) is 0 Å². The number of aryl methyl sites for hydroxylation is 2. The van der Waals surface area contributed by atoms with Crippen LogP contribution in [0.2, 0.25) is 0 Å². The van der Waals surface area contributed by atoms with Crippen molar-refractivity contribution in [2.75, 3.05) is 21.3 Å². The molecule has 0 atom stereocenters. The molecule has 0 unspecified atom stereocenters. The highest BCUT2D eigenvalue weighted by Crippen LogP contribution is 2.33. The van der Waals surface area contributed by atoms with E-state index in [2.05, 4.69) is 37.0 Å². The molecule has 2 aromatic carbocycles. The molecular weight excluding hydrogens is 358 g/mol. The van der Waals surface area contributed by atoms with Crippen molar-refractivity contribution < 1.29 is 9.47 Å². The SMILES string of the molecule is CN=c1scc(-c2ccc(OC)cc2OC)n1N=Cc1cc(C)ccc1C. The lowest BCUT2D eigenvalue weighted by atomic mass is 10.1. The number of rotatable bonds is 5. The van der Waals surface area contributed by atoms with Crippen LogP contribution in [-0.2, 0) is 0 Å². The number of methoxy groups -OCH3 is 2. The number of aromatic nitrogens is 1. The quantitative estimate of drug-likeness (QED) is 0.620. The molecule has 3 rings (SSSR count). The van der Waals surface area contributed by atoms with Crippen LogP contribution in [0.15, 0.2) is 51.9 Å². The van der Waals surface area contributed by atoms with Gasteiger partial charge in [-0.1, -0.05) is 23.8 Å². The van der Waals surface area contributed by atoms with E-state index in [1.807, 2.05) is 34.5 Å². The molecule has 0 aliphatic heterocycles. The van der Waals surface area contributed by atoms with Gasteiger partial charge in [0.2, 0.25) is 4.80 Å². The number of hydrogen-bond donors (Lipinski definition) is 0. The second kappa shape index (κ2) is 8.22. The van der Waals surface area contributed by atoms with Crippen LogP contribution in [0.4, 0.5) is 0 Å². The van der Waals surface area contributed by atoms with Crippen LogP contribution >= 0.6 is 11.3 Å². The molecule has 5 nitrogen and oxygen atoms in total. The Morgan fingerprint density at radius 1 is 1.04 bits per heavy atom. The summed E-state index contributed by atoms with van der Waals surface area (Å²) in [5, 5.41) is 6.76. The lowest BCUT2D eigenvalue weighted by Gasteiger charge is -2.11. The van der Waals surface area contributed by atoms with Crippen molar-refractivity contribution in [1.82, 2.24) is 4.68 Å². The van der Waals surface area contributed by atoms with Gasteiger partial charge in [0.15, 0.2) is 0 Å². The molecule has 0 bridgehead atoms. The van der Waals surface area contributed by atoms with E-state index in [0.717, 1.165) is 33.1 Å². The third-order valence-electron chi connectivity index (χ3n) is 4.31. The third-order valence-corrected chi connectivity index (χ3v) is 5.22. The fourth-order valence-electron chi connectivity index (χ4n) is 2.78. The van der Waals surface area contributed by atoms with E-state index < -0.39 is 0 Å². The minimum absolute atomic E-state index is 0.727. The molecule has 0 amide bonds. The summed E-state index contributed by atoms with van der Waals surface area (Å²) in [6, 6.07) is 12.1. The molecule has 0 fully saturated rings. The maximum absolute atomic E-state index is 5.57. The van der Waals surface area contributed by atoms with Gasteiger partial charge < -0.3 is 9.47 Å². The largest absolute Gasteiger partial charge is 0.497 e. The number of benzene rings is 2. The summed E-state index contributed by atoms with van der Waals surface area (Å²) in [5.74, 6) is 1.47. The minimum Gasteiger partial charge on any atom is -0.497 e. The summed E-state index contributed by atoms with van der Waals surface area (Å²) in [6.07, 6.45) is 1.88. The zero-order valence-corrected chi connectivity index (χ0v) is 17.0. The fraction of sp³-hybridized carbons (Fsp3) is 0.238. The predicted octanol–water partition coefficient (Wildman–Crippen LogP) is 4.26. The summed E-state index contributed by atoms with van der Waals surface area (Å²) in [6.45, 7) is 4.16. The first kappa shape index (κ1) is 18.9.